The molecule has 0 amide bonds. The molecule has 1 N–H and O–H groups in total. The molecule has 5 nitrogen and oxygen atoms in total. The van der Waals surface area contributed by atoms with E-state index in [1.165, 1.54) is 29.2 Å². The molecule has 1 fully saturated rings. The molecule has 0 aliphatic heterocycles. The SMILES string of the molecule is Cc1c(=O)n([C@@H]2C[C@@H]2C(F)F)cc2c(N[C@@H](C)c3cccc(C(F)F)c3F)ncnc12. The minimum Gasteiger partial charge on any atom is -0.363 e. The Morgan fingerprint density at radius 2 is 1.87 bits per heavy atom. The van der Waals surface area contributed by atoms with Gasteiger partial charge in [-0.15, -0.1) is 0 Å². The largest absolute Gasteiger partial charge is 0.363 e. The Hall–Kier alpha value is -3.04. The molecule has 0 bridgehead atoms. The predicted molar refractivity (Wildman–Crippen MR) is 105 cm³/mol. The van der Waals surface area contributed by atoms with E-state index < -0.39 is 47.8 Å². The van der Waals surface area contributed by atoms with Crippen LogP contribution in [0.4, 0.5) is 27.8 Å². The highest BCUT2D eigenvalue weighted by molar-refractivity contribution is 5.90. The number of hydrogen-bond donors (Lipinski definition) is 1. The van der Waals surface area contributed by atoms with Crippen LogP contribution in [0.2, 0.25) is 0 Å². The topological polar surface area (TPSA) is 59.8 Å². The first kappa shape index (κ1) is 21.2. The number of alkyl halides is 4. The van der Waals surface area contributed by atoms with E-state index in [0.29, 0.717) is 10.9 Å². The molecule has 4 rings (SSSR count). The molecule has 1 aliphatic rings. The van der Waals surface area contributed by atoms with Gasteiger partial charge in [0.15, 0.2) is 0 Å². The molecule has 164 valence electrons. The summed E-state index contributed by atoms with van der Waals surface area (Å²) in [6, 6.07) is 2.40. The zero-order chi connectivity index (χ0) is 22.4. The van der Waals surface area contributed by atoms with Gasteiger partial charge in [-0.25, -0.2) is 31.9 Å². The van der Waals surface area contributed by atoms with Gasteiger partial charge in [0.25, 0.3) is 12.0 Å². The van der Waals surface area contributed by atoms with Crippen molar-refractivity contribution in [2.75, 3.05) is 5.32 Å². The molecule has 0 unspecified atom stereocenters. The zero-order valence-electron chi connectivity index (χ0n) is 16.6. The molecular weight excluding hydrogens is 419 g/mol. The van der Waals surface area contributed by atoms with Crippen molar-refractivity contribution in [3.63, 3.8) is 0 Å². The summed E-state index contributed by atoms with van der Waals surface area (Å²) >= 11 is 0. The molecule has 1 aromatic carbocycles. The van der Waals surface area contributed by atoms with Crippen molar-refractivity contribution < 1.29 is 22.0 Å². The van der Waals surface area contributed by atoms with Crippen LogP contribution in [-0.4, -0.2) is 21.0 Å². The van der Waals surface area contributed by atoms with Crippen LogP contribution in [0.15, 0.2) is 35.5 Å². The van der Waals surface area contributed by atoms with E-state index in [4.69, 9.17) is 0 Å². The number of nitrogens with one attached hydrogen (secondary N) is 1. The highest BCUT2D eigenvalue weighted by atomic mass is 19.3. The average molecular weight is 438 g/mol. The van der Waals surface area contributed by atoms with Gasteiger partial charge in [0, 0.05) is 29.3 Å². The van der Waals surface area contributed by atoms with Crippen molar-refractivity contribution in [3.8, 4) is 0 Å². The number of halogens is 5. The Balaban J connectivity index is 1.74. The molecule has 0 saturated heterocycles. The summed E-state index contributed by atoms with van der Waals surface area (Å²) in [7, 11) is 0. The lowest BCUT2D eigenvalue weighted by Gasteiger charge is -2.19. The third kappa shape index (κ3) is 3.75. The summed E-state index contributed by atoms with van der Waals surface area (Å²) in [6.45, 7) is 3.13. The van der Waals surface area contributed by atoms with Crippen LogP contribution in [0, 0.1) is 18.7 Å². The monoisotopic (exact) mass is 438 g/mol. The van der Waals surface area contributed by atoms with E-state index in [9.17, 15) is 26.7 Å². The number of aromatic nitrogens is 3. The Morgan fingerprint density at radius 1 is 1.16 bits per heavy atom. The molecular formula is C21H19F5N4O. The highest BCUT2D eigenvalue weighted by Gasteiger charge is 2.46. The maximum atomic E-state index is 14.5. The first-order valence-corrected chi connectivity index (χ1v) is 9.68. The molecule has 0 radical (unpaired) electrons. The fourth-order valence-corrected chi connectivity index (χ4v) is 3.82. The molecule has 0 spiro atoms. The Labute approximate surface area is 173 Å². The Bertz CT molecular complexity index is 1200. The summed E-state index contributed by atoms with van der Waals surface area (Å²) in [6.07, 6.45) is -2.63. The van der Waals surface area contributed by atoms with Gasteiger partial charge in [0.2, 0.25) is 6.43 Å². The van der Waals surface area contributed by atoms with Crippen LogP contribution in [0.1, 0.15) is 48.5 Å². The van der Waals surface area contributed by atoms with Gasteiger partial charge in [-0.05, 0) is 20.3 Å². The lowest BCUT2D eigenvalue weighted by Crippen LogP contribution is -2.23. The minimum absolute atomic E-state index is 0.0227. The number of anilines is 1. The number of nitrogens with zero attached hydrogens (tertiary/aromatic N) is 3. The number of aryl methyl sites for hydroxylation is 1. The number of hydrogen-bond acceptors (Lipinski definition) is 4. The van der Waals surface area contributed by atoms with Gasteiger partial charge < -0.3 is 9.88 Å². The van der Waals surface area contributed by atoms with Crippen molar-refractivity contribution in [2.45, 2.75) is 45.2 Å². The molecule has 2 aromatic heterocycles. The first-order valence-electron chi connectivity index (χ1n) is 9.68. The predicted octanol–water partition coefficient (Wildman–Crippen LogP) is 5.18. The Kier molecular flexibility index (Phi) is 5.40. The maximum absolute atomic E-state index is 14.5. The molecule has 10 heteroatoms. The molecule has 1 aliphatic carbocycles. The lowest BCUT2D eigenvalue weighted by molar-refractivity contribution is 0.116. The van der Waals surface area contributed by atoms with Gasteiger partial charge >= 0.3 is 0 Å². The first-order chi connectivity index (χ1) is 14.7. The van der Waals surface area contributed by atoms with Crippen molar-refractivity contribution in [1.82, 2.24) is 14.5 Å². The van der Waals surface area contributed by atoms with Crippen LogP contribution in [0.3, 0.4) is 0 Å². The van der Waals surface area contributed by atoms with Gasteiger partial charge in [-0.3, -0.25) is 4.79 Å². The van der Waals surface area contributed by atoms with E-state index in [-0.39, 0.29) is 23.4 Å². The van der Waals surface area contributed by atoms with Gasteiger partial charge in [-0.2, -0.15) is 0 Å². The third-order valence-corrected chi connectivity index (χ3v) is 5.66. The van der Waals surface area contributed by atoms with Crippen molar-refractivity contribution >= 4 is 16.7 Å². The van der Waals surface area contributed by atoms with Crippen LogP contribution in [0.5, 0.6) is 0 Å². The Morgan fingerprint density at radius 3 is 2.52 bits per heavy atom. The number of fused-ring (bicyclic) bond motifs is 1. The van der Waals surface area contributed by atoms with Gasteiger partial charge in [-0.1, -0.05) is 18.2 Å². The third-order valence-electron chi connectivity index (χ3n) is 5.66. The van der Waals surface area contributed by atoms with Crippen molar-refractivity contribution in [3.05, 3.63) is 63.6 Å². The van der Waals surface area contributed by atoms with Gasteiger partial charge in [0.1, 0.15) is 18.0 Å². The number of pyridine rings is 1. The molecule has 3 aromatic rings. The van der Waals surface area contributed by atoms with Crippen LogP contribution < -0.4 is 10.9 Å². The average Bonchev–Trinajstić information content (AvgIpc) is 3.52. The van der Waals surface area contributed by atoms with Crippen molar-refractivity contribution in [2.24, 2.45) is 5.92 Å². The summed E-state index contributed by atoms with van der Waals surface area (Å²) in [5.74, 6) is -1.66. The van der Waals surface area contributed by atoms with Gasteiger partial charge in [0.05, 0.1) is 22.5 Å². The lowest BCUT2D eigenvalue weighted by atomic mass is 10.0. The van der Waals surface area contributed by atoms with E-state index >= 15 is 0 Å². The molecule has 3 atom stereocenters. The second-order valence-electron chi connectivity index (χ2n) is 7.67. The maximum Gasteiger partial charge on any atom is 0.266 e. The smallest absolute Gasteiger partial charge is 0.266 e. The van der Waals surface area contributed by atoms with E-state index in [1.54, 1.807) is 13.8 Å². The second-order valence-corrected chi connectivity index (χ2v) is 7.67. The zero-order valence-corrected chi connectivity index (χ0v) is 16.6. The summed E-state index contributed by atoms with van der Waals surface area (Å²) in [5.41, 5.74) is -0.470. The van der Waals surface area contributed by atoms with E-state index in [1.807, 2.05) is 0 Å². The normalized spacial score (nSPS) is 19.3. The molecule has 1 saturated carbocycles. The van der Waals surface area contributed by atoms with Crippen LogP contribution in [-0.2, 0) is 0 Å². The molecule has 2 heterocycles. The quantitative estimate of drug-likeness (QED) is 0.539. The highest BCUT2D eigenvalue weighted by Crippen LogP contribution is 2.47. The van der Waals surface area contributed by atoms with E-state index in [0.717, 1.165) is 6.07 Å². The summed E-state index contributed by atoms with van der Waals surface area (Å²) in [4.78, 5) is 20.9. The van der Waals surface area contributed by atoms with Crippen LogP contribution in [0.25, 0.3) is 10.9 Å². The molecule has 31 heavy (non-hydrogen) atoms. The van der Waals surface area contributed by atoms with E-state index in [2.05, 4.69) is 15.3 Å². The standard InChI is InChI=1S/C21H19F5N4O/c1-9-17-14(7-30(21(9)31)15-6-13(15)19(25)26)20(28-8-27-17)29-10(2)11-4-3-5-12(16(11)22)18(23)24/h3-5,7-8,10,13,15,18-19H,6H2,1-2H3,(H,27,28,29)/t10-,13-,15+/m0/s1. The van der Waals surface area contributed by atoms with Crippen LogP contribution >= 0.6 is 0 Å². The van der Waals surface area contributed by atoms with Crippen molar-refractivity contribution in [1.29, 1.82) is 0 Å². The summed E-state index contributed by atoms with van der Waals surface area (Å²) in [5, 5.41) is 3.38. The summed E-state index contributed by atoms with van der Waals surface area (Å²) < 4.78 is 67.9. The fourth-order valence-electron chi connectivity index (χ4n) is 3.82. The second kappa shape index (κ2) is 7.90. The minimum atomic E-state index is -2.95. The number of rotatable bonds is 6. The fraction of sp³-hybridized carbons (Fsp3) is 0.381. The number of benzene rings is 1.